The average molecular weight is 411 g/mol. The van der Waals surface area contributed by atoms with E-state index in [1.54, 1.807) is 23.4 Å². The number of amides is 1. The Labute approximate surface area is 180 Å². The smallest absolute Gasteiger partial charge is 0.255 e. The van der Waals surface area contributed by atoms with Gasteiger partial charge in [-0.15, -0.1) is 0 Å². The van der Waals surface area contributed by atoms with Crippen molar-refractivity contribution in [1.82, 2.24) is 14.9 Å². The minimum absolute atomic E-state index is 0.0702. The first-order chi connectivity index (χ1) is 15.3. The maximum atomic E-state index is 13.7. The minimum Gasteiger partial charge on any atom is -0.486 e. The lowest BCUT2D eigenvalue weighted by Crippen LogP contribution is -2.30. The average Bonchev–Trinajstić information content (AvgIpc) is 2.83. The molecular formula is C25H21N3O3. The maximum absolute atomic E-state index is 13.7. The number of fused-ring (bicyclic) bond motifs is 2. The number of nitrogens with zero attached hydrogens (tertiary/aromatic N) is 3. The molecular weight excluding hydrogens is 390 g/mol. The second kappa shape index (κ2) is 8.44. The molecule has 0 saturated carbocycles. The lowest BCUT2D eigenvalue weighted by Gasteiger charge is -2.24. The second-order valence-electron chi connectivity index (χ2n) is 7.34. The van der Waals surface area contributed by atoms with E-state index in [1.807, 2.05) is 60.7 Å². The van der Waals surface area contributed by atoms with E-state index in [4.69, 9.17) is 9.47 Å². The van der Waals surface area contributed by atoms with Crippen molar-refractivity contribution in [3.63, 3.8) is 0 Å². The summed E-state index contributed by atoms with van der Waals surface area (Å²) in [6.07, 6.45) is 3.42. The molecule has 5 rings (SSSR count). The van der Waals surface area contributed by atoms with Crippen LogP contribution in [0.4, 0.5) is 0 Å². The molecule has 0 atom stereocenters. The highest BCUT2D eigenvalue weighted by Crippen LogP contribution is 2.31. The Bertz CT molecular complexity index is 1220. The van der Waals surface area contributed by atoms with Crippen molar-refractivity contribution in [2.45, 2.75) is 13.1 Å². The van der Waals surface area contributed by atoms with Gasteiger partial charge in [0.05, 0.1) is 23.3 Å². The van der Waals surface area contributed by atoms with Crippen molar-refractivity contribution in [3.05, 3.63) is 95.9 Å². The van der Waals surface area contributed by atoms with E-state index in [9.17, 15) is 4.79 Å². The Balaban J connectivity index is 1.50. The summed E-state index contributed by atoms with van der Waals surface area (Å²) in [5.41, 5.74) is 3.21. The van der Waals surface area contributed by atoms with Gasteiger partial charge >= 0.3 is 0 Å². The van der Waals surface area contributed by atoms with Crippen LogP contribution < -0.4 is 9.47 Å². The van der Waals surface area contributed by atoms with Gasteiger partial charge in [-0.3, -0.25) is 14.8 Å². The molecule has 6 nitrogen and oxygen atoms in total. The normalized spacial score (nSPS) is 12.5. The second-order valence-corrected chi connectivity index (χ2v) is 7.34. The molecule has 1 aliphatic rings. The van der Waals surface area contributed by atoms with Crippen LogP contribution in [0.1, 0.15) is 21.6 Å². The number of hydrogen-bond donors (Lipinski definition) is 0. The molecule has 2 aromatic heterocycles. The van der Waals surface area contributed by atoms with Crippen molar-refractivity contribution in [2.75, 3.05) is 13.2 Å². The number of para-hydroxylation sites is 1. The molecule has 0 unspecified atom stereocenters. The van der Waals surface area contributed by atoms with Crippen molar-refractivity contribution in [3.8, 4) is 11.5 Å². The van der Waals surface area contributed by atoms with Gasteiger partial charge < -0.3 is 14.4 Å². The van der Waals surface area contributed by atoms with Crippen LogP contribution in [0.2, 0.25) is 0 Å². The summed E-state index contributed by atoms with van der Waals surface area (Å²) in [6.45, 7) is 1.88. The van der Waals surface area contributed by atoms with Gasteiger partial charge in [-0.2, -0.15) is 0 Å². The molecule has 2 aromatic carbocycles. The lowest BCUT2D eigenvalue weighted by molar-refractivity contribution is 0.0729. The summed E-state index contributed by atoms with van der Waals surface area (Å²) >= 11 is 0. The maximum Gasteiger partial charge on any atom is 0.255 e. The van der Waals surface area contributed by atoms with Crippen LogP contribution in [-0.4, -0.2) is 34.0 Å². The first-order valence-corrected chi connectivity index (χ1v) is 10.2. The number of rotatable bonds is 5. The van der Waals surface area contributed by atoms with Gasteiger partial charge in [-0.1, -0.05) is 30.3 Å². The summed E-state index contributed by atoms with van der Waals surface area (Å²) in [4.78, 5) is 24.3. The molecule has 0 radical (unpaired) electrons. The Morgan fingerprint density at radius 3 is 2.55 bits per heavy atom. The van der Waals surface area contributed by atoms with Gasteiger partial charge in [0.25, 0.3) is 5.91 Å². The highest BCUT2D eigenvalue weighted by atomic mass is 16.6. The summed E-state index contributed by atoms with van der Waals surface area (Å²) in [5, 5.41) is 0.836. The fourth-order valence-corrected chi connectivity index (χ4v) is 3.75. The fourth-order valence-electron chi connectivity index (χ4n) is 3.75. The van der Waals surface area contributed by atoms with E-state index in [0.29, 0.717) is 37.6 Å². The lowest BCUT2D eigenvalue weighted by atomic mass is 10.1. The third-order valence-electron chi connectivity index (χ3n) is 5.23. The quantitative estimate of drug-likeness (QED) is 0.491. The van der Waals surface area contributed by atoms with Crippen LogP contribution >= 0.6 is 0 Å². The summed E-state index contributed by atoms with van der Waals surface area (Å²) in [7, 11) is 0. The third-order valence-corrected chi connectivity index (χ3v) is 5.23. The molecule has 154 valence electrons. The fraction of sp³-hybridized carbons (Fsp3) is 0.160. The molecule has 4 aromatic rings. The molecule has 1 aliphatic heterocycles. The number of carbonyl (C=O) groups excluding carboxylic acids is 1. The first kappa shape index (κ1) is 19.1. The predicted molar refractivity (Wildman–Crippen MR) is 117 cm³/mol. The largest absolute Gasteiger partial charge is 0.486 e. The number of ether oxygens (including phenoxy) is 2. The van der Waals surface area contributed by atoms with E-state index in [0.717, 1.165) is 27.9 Å². The van der Waals surface area contributed by atoms with E-state index in [2.05, 4.69) is 9.97 Å². The number of carbonyl (C=O) groups is 1. The van der Waals surface area contributed by atoms with Crippen molar-refractivity contribution in [2.24, 2.45) is 0 Å². The molecule has 0 aliphatic carbocycles. The molecule has 0 bridgehead atoms. The van der Waals surface area contributed by atoms with Crippen LogP contribution in [0.25, 0.3) is 10.9 Å². The van der Waals surface area contributed by atoms with E-state index >= 15 is 0 Å². The van der Waals surface area contributed by atoms with Crippen molar-refractivity contribution < 1.29 is 14.3 Å². The van der Waals surface area contributed by atoms with E-state index < -0.39 is 0 Å². The molecule has 0 fully saturated rings. The number of pyridine rings is 2. The van der Waals surface area contributed by atoms with Gasteiger partial charge in [0.15, 0.2) is 11.5 Å². The highest BCUT2D eigenvalue weighted by molar-refractivity contribution is 6.05. The summed E-state index contributed by atoms with van der Waals surface area (Å²) in [5.74, 6) is 1.38. The Kier molecular flexibility index (Phi) is 5.19. The van der Waals surface area contributed by atoms with Crippen LogP contribution in [0.5, 0.6) is 11.5 Å². The molecule has 6 heteroatoms. The Hall–Kier alpha value is -3.93. The van der Waals surface area contributed by atoms with Gasteiger partial charge in [-0.05, 0) is 42.0 Å². The van der Waals surface area contributed by atoms with Crippen LogP contribution in [0, 0.1) is 0 Å². The van der Waals surface area contributed by atoms with Crippen LogP contribution in [0.3, 0.4) is 0 Å². The first-order valence-electron chi connectivity index (χ1n) is 10.2. The SMILES string of the molecule is O=C(c1ccnc2ccccc12)N(Cc1ccc2c(c1)OCCO2)Cc1ccccn1. The number of hydrogen-bond acceptors (Lipinski definition) is 5. The number of benzene rings is 2. The standard InChI is InChI=1S/C25H21N3O3/c29-25(21-10-12-27-22-7-2-1-6-20(21)22)28(17-19-5-3-4-11-26-19)16-18-8-9-23-24(15-18)31-14-13-30-23/h1-12,15H,13-14,16-17H2. The molecule has 3 heterocycles. The van der Waals surface area contributed by atoms with E-state index in [1.165, 1.54) is 0 Å². The van der Waals surface area contributed by atoms with E-state index in [-0.39, 0.29) is 5.91 Å². The van der Waals surface area contributed by atoms with Crippen molar-refractivity contribution in [1.29, 1.82) is 0 Å². The zero-order valence-electron chi connectivity index (χ0n) is 16.9. The van der Waals surface area contributed by atoms with Crippen LogP contribution in [-0.2, 0) is 13.1 Å². The Morgan fingerprint density at radius 1 is 0.839 bits per heavy atom. The van der Waals surface area contributed by atoms with Gasteiger partial charge in [-0.25, -0.2) is 0 Å². The van der Waals surface area contributed by atoms with Gasteiger partial charge in [0.2, 0.25) is 0 Å². The molecule has 0 saturated heterocycles. The monoisotopic (exact) mass is 411 g/mol. The Morgan fingerprint density at radius 2 is 1.68 bits per heavy atom. The topological polar surface area (TPSA) is 64.6 Å². The molecule has 31 heavy (non-hydrogen) atoms. The minimum atomic E-state index is -0.0702. The summed E-state index contributed by atoms with van der Waals surface area (Å²) < 4.78 is 11.3. The van der Waals surface area contributed by atoms with Crippen LogP contribution in [0.15, 0.2) is 79.1 Å². The zero-order valence-corrected chi connectivity index (χ0v) is 16.9. The highest BCUT2D eigenvalue weighted by Gasteiger charge is 2.21. The predicted octanol–water partition coefficient (Wildman–Crippen LogP) is 4.24. The number of aromatic nitrogens is 2. The van der Waals surface area contributed by atoms with Crippen molar-refractivity contribution >= 4 is 16.8 Å². The summed E-state index contributed by atoms with van der Waals surface area (Å²) in [6, 6.07) is 21.0. The van der Waals surface area contributed by atoms with Gasteiger partial charge in [0.1, 0.15) is 13.2 Å². The third kappa shape index (κ3) is 4.05. The molecule has 1 amide bonds. The van der Waals surface area contributed by atoms with Gasteiger partial charge in [0, 0.05) is 24.3 Å². The molecule has 0 N–H and O–H groups in total. The zero-order chi connectivity index (χ0) is 21.0. The molecule has 0 spiro atoms.